The summed E-state index contributed by atoms with van der Waals surface area (Å²) in [6, 6.07) is 14.5. The number of nitrogens with zero attached hydrogens (tertiary/aromatic N) is 2. The van der Waals surface area contributed by atoms with Gasteiger partial charge in [0.15, 0.2) is 5.17 Å². The number of thioether (sulfide) groups is 1. The van der Waals surface area contributed by atoms with Crippen LogP contribution in [-0.4, -0.2) is 24.2 Å². The lowest BCUT2D eigenvalue weighted by Gasteiger charge is -2.17. The van der Waals surface area contributed by atoms with E-state index in [4.69, 9.17) is 0 Å². The predicted molar refractivity (Wildman–Crippen MR) is 115 cm³/mol. The smallest absolute Gasteiger partial charge is 0.264 e. The van der Waals surface area contributed by atoms with Gasteiger partial charge in [-0.1, -0.05) is 18.2 Å². The highest BCUT2D eigenvalue weighted by Gasteiger charge is 2.23. The second-order valence-corrected chi connectivity index (χ2v) is 8.07. The number of carbonyl (C=O) groups is 1. The summed E-state index contributed by atoms with van der Waals surface area (Å²) >= 11 is 1.39. The Morgan fingerprint density at radius 3 is 2.48 bits per heavy atom. The van der Waals surface area contributed by atoms with Crippen LogP contribution in [0.2, 0.25) is 0 Å². The number of amides is 1. The van der Waals surface area contributed by atoms with Crippen molar-refractivity contribution in [3.63, 3.8) is 0 Å². The van der Waals surface area contributed by atoms with Crippen LogP contribution in [0.3, 0.4) is 0 Å². The molecule has 2 heterocycles. The number of aryl methyl sites for hydroxylation is 2. The third-order valence-corrected chi connectivity index (χ3v) is 5.94. The molecule has 2 aliphatic rings. The Bertz CT molecular complexity index is 925. The molecule has 1 amide bonds. The van der Waals surface area contributed by atoms with E-state index < -0.39 is 0 Å². The van der Waals surface area contributed by atoms with Crippen LogP contribution >= 0.6 is 11.8 Å². The molecule has 0 radical (unpaired) electrons. The molecule has 2 fully saturated rings. The minimum absolute atomic E-state index is 0.0915. The van der Waals surface area contributed by atoms with E-state index in [1.165, 1.54) is 41.4 Å². The van der Waals surface area contributed by atoms with Crippen molar-refractivity contribution in [2.75, 3.05) is 18.0 Å². The fraction of sp³-hybridized carbons (Fsp3) is 0.273. The van der Waals surface area contributed by atoms with E-state index in [0.717, 1.165) is 24.3 Å². The monoisotopic (exact) mass is 377 g/mol. The number of rotatable bonds is 3. The minimum Gasteiger partial charge on any atom is -0.372 e. The van der Waals surface area contributed by atoms with Crippen LogP contribution in [0.1, 0.15) is 29.5 Å². The molecular weight excluding hydrogens is 354 g/mol. The van der Waals surface area contributed by atoms with Crippen molar-refractivity contribution >= 4 is 40.3 Å². The quantitative estimate of drug-likeness (QED) is 0.782. The maximum Gasteiger partial charge on any atom is 0.264 e. The Balaban J connectivity index is 1.49. The normalized spacial score (nSPS) is 19.9. The highest BCUT2D eigenvalue weighted by atomic mass is 32.2. The van der Waals surface area contributed by atoms with E-state index in [2.05, 4.69) is 59.4 Å². The first-order chi connectivity index (χ1) is 13.1. The van der Waals surface area contributed by atoms with Crippen molar-refractivity contribution in [1.82, 2.24) is 5.32 Å². The van der Waals surface area contributed by atoms with E-state index >= 15 is 0 Å². The Labute approximate surface area is 164 Å². The van der Waals surface area contributed by atoms with Crippen molar-refractivity contribution in [2.24, 2.45) is 4.99 Å². The molecule has 0 bridgehead atoms. The SMILES string of the molecule is Cc1ccc(N=C2NC(=O)/C(=C/c3ccc(N4CCCC4)cc3)S2)cc1C. The second-order valence-electron chi connectivity index (χ2n) is 7.04. The standard InChI is InChI=1S/C22H23N3OS/c1-15-5-8-18(13-16(15)2)23-22-24-21(26)20(27-22)14-17-6-9-19(10-7-17)25-11-3-4-12-25/h5-10,13-14H,3-4,11-12H2,1-2H3,(H,23,24,26)/b20-14-. The largest absolute Gasteiger partial charge is 0.372 e. The number of hydrogen-bond acceptors (Lipinski definition) is 4. The number of hydrogen-bond donors (Lipinski definition) is 1. The third-order valence-electron chi connectivity index (χ3n) is 5.03. The molecule has 27 heavy (non-hydrogen) atoms. The average Bonchev–Trinajstić information content (AvgIpc) is 3.30. The van der Waals surface area contributed by atoms with Gasteiger partial charge in [-0.15, -0.1) is 0 Å². The lowest BCUT2D eigenvalue weighted by molar-refractivity contribution is -0.115. The van der Waals surface area contributed by atoms with Crippen LogP contribution in [0, 0.1) is 13.8 Å². The fourth-order valence-electron chi connectivity index (χ4n) is 3.30. The van der Waals surface area contributed by atoms with E-state index in [9.17, 15) is 4.79 Å². The Morgan fingerprint density at radius 2 is 1.78 bits per heavy atom. The highest BCUT2D eigenvalue weighted by Crippen LogP contribution is 2.29. The summed E-state index contributed by atoms with van der Waals surface area (Å²) in [5, 5.41) is 3.49. The lowest BCUT2D eigenvalue weighted by Crippen LogP contribution is -2.19. The van der Waals surface area contributed by atoms with Gasteiger partial charge in [-0.2, -0.15) is 0 Å². The summed E-state index contributed by atoms with van der Waals surface area (Å²) in [6.07, 6.45) is 4.47. The first-order valence-electron chi connectivity index (χ1n) is 9.30. The summed E-state index contributed by atoms with van der Waals surface area (Å²) in [4.78, 5) is 19.9. The molecule has 5 heteroatoms. The number of amidine groups is 1. The minimum atomic E-state index is -0.0915. The van der Waals surface area contributed by atoms with Gasteiger partial charge in [-0.05, 0) is 85.5 Å². The molecule has 0 saturated carbocycles. The number of anilines is 1. The maximum absolute atomic E-state index is 12.3. The van der Waals surface area contributed by atoms with Crippen LogP contribution in [0.15, 0.2) is 52.4 Å². The molecule has 2 aromatic carbocycles. The van der Waals surface area contributed by atoms with Crippen molar-refractivity contribution in [3.8, 4) is 0 Å². The summed E-state index contributed by atoms with van der Waals surface area (Å²) in [6.45, 7) is 6.42. The van der Waals surface area contributed by atoms with Crippen LogP contribution in [0.25, 0.3) is 6.08 Å². The molecule has 1 N–H and O–H groups in total. The summed E-state index contributed by atoms with van der Waals surface area (Å²) in [5.41, 5.74) is 5.58. The molecule has 4 rings (SSSR count). The molecule has 0 aromatic heterocycles. The van der Waals surface area contributed by atoms with Crippen LogP contribution in [-0.2, 0) is 4.79 Å². The van der Waals surface area contributed by atoms with Gasteiger partial charge in [0, 0.05) is 18.8 Å². The van der Waals surface area contributed by atoms with Gasteiger partial charge < -0.3 is 10.2 Å². The third kappa shape index (κ3) is 4.08. The molecule has 2 aromatic rings. The van der Waals surface area contributed by atoms with Gasteiger partial charge in [-0.25, -0.2) is 4.99 Å². The summed E-state index contributed by atoms with van der Waals surface area (Å²) in [5.74, 6) is -0.0915. The highest BCUT2D eigenvalue weighted by molar-refractivity contribution is 8.18. The zero-order valence-corrected chi connectivity index (χ0v) is 16.5. The predicted octanol–water partition coefficient (Wildman–Crippen LogP) is 4.80. The molecular formula is C22H23N3OS. The van der Waals surface area contributed by atoms with Gasteiger partial charge >= 0.3 is 0 Å². The lowest BCUT2D eigenvalue weighted by atomic mass is 10.1. The topological polar surface area (TPSA) is 44.7 Å². The van der Waals surface area contributed by atoms with Crippen molar-refractivity contribution < 1.29 is 4.79 Å². The molecule has 0 aliphatic carbocycles. The average molecular weight is 378 g/mol. The molecule has 138 valence electrons. The van der Waals surface area contributed by atoms with Crippen LogP contribution < -0.4 is 10.2 Å². The molecule has 0 spiro atoms. The Kier molecular flexibility index (Phi) is 5.03. The van der Waals surface area contributed by atoms with Gasteiger partial charge in [0.1, 0.15) is 0 Å². The van der Waals surface area contributed by atoms with Crippen molar-refractivity contribution in [2.45, 2.75) is 26.7 Å². The number of nitrogens with one attached hydrogen (secondary N) is 1. The molecule has 2 aliphatic heterocycles. The number of aliphatic imine (C=N–C) groups is 1. The first-order valence-corrected chi connectivity index (χ1v) is 10.1. The molecule has 4 nitrogen and oxygen atoms in total. The zero-order chi connectivity index (χ0) is 18.8. The van der Waals surface area contributed by atoms with Crippen LogP contribution in [0.4, 0.5) is 11.4 Å². The molecule has 2 saturated heterocycles. The number of benzene rings is 2. The fourth-order valence-corrected chi connectivity index (χ4v) is 4.14. The van der Waals surface area contributed by atoms with Gasteiger partial charge in [-0.3, -0.25) is 4.79 Å². The Hall–Kier alpha value is -2.53. The maximum atomic E-state index is 12.3. The van der Waals surface area contributed by atoms with E-state index in [-0.39, 0.29) is 5.91 Å². The van der Waals surface area contributed by atoms with E-state index in [1.807, 2.05) is 18.2 Å². The Morgan fingerprint density at radius 1 is 1.04 bits per heavy atom. The van der Waals surface area contributed by atoms with E-state index in [0.29, 0.717) is 10.1 Å². The van der Waals surface area contributed by atoms with Gasteiger partial charge in [0.2, 0.25) is 0 Å². The van der Waals surface area contributed by atoms with Gasteiger partial charge in [0.05, 0.1) is 10.6 Å². The second kappa shape index (κ2) is 7.61. The van der Waals surface area contributed by atoms with Gasteiger partial charge in [0.25, 0.3) is 5.91 Å². The van der Waals surface area contributed by atoms with Crippen LogP contribution in [0.5, 0.6) is 0 Å². The molecule has 0 atom stereocenters. The summed E-state index contributed by atoms with van der Waals surface area (Å²) in [7, 11) is 0. The van der Waals surface area contributed by atoms with Crippen molar-refractivity contribution in [3.05, 3.63) is 64.1 Å². The van der Waals surface area contributed by atoms with E-state index in [1.54, 1.807) is 0 Å². The first kappa shape index (κ1) is 17.9. The van der Waals surface area contributed by atoms with Crippen molar-refractivity contribution in [1.29, 1.82) is 0 Å². The summed E-state index contributed by atoms with van der Waals surface area (Å²) < 4.78 is 0. The zero-order valence-electron chi connectivity index (χ0n) is 15.7. The number of carbonyl (C=O) groups excluding carboxylic acids is 1. The molecule has 0 unspecified atom stereocenters.